The van der Waals surface area contributed by atoms with E-state index in [1.54, 1.807) is 31.5 Å². The molecule has 194 valence electrons. The molecule has 0 amide bonds. The number of aliphatic hydroxyl groups is 4. The summed E-state index contributed by atoms with van der Waals surface area (Å²) in [5, 5.41) is 42.8. The summed E-state index contributed by atoms with van der Waals surface area (Å²) in [6.07, 6.45) is -5.63. The Labute approximate surface area is 207 Å². The van der Waals surface area contributed by atoms with E-state index in [0.717, 1.165) is 12.0 Å². The van der Waals surface area contributed by atoms with Gasteiger partial charge in [0.2, 0.25) is 6.29 Å². The number of benzene rings is 2. The fourth-order valence-electron chi connectivity index (χ4n) is 4.04. The molecule has 0 spiro atoms. The van der Waals surface area contributed by atoms with Crippen molar-refractivity contribution in [3.63, 3.8) is 0 Å². The van der Waals surface area contributed by atoms with Crippen molar-refractivity contribution in [1.29, 1.82) is 0 Å². The molecule has 11 heteroatoms. The molecule has 0 radical (unpaired) electrons. The van der Waals surface area contributed by atoms with Gasteiger partial charge in [0.05, 0.1) is 18.5 Å². The monoisotopic (exact) mass is 502 g/mol. The van der Waals surface area contributed by atoms with E-state index in [0.29, 0.717) is 17.6 Å². The third kappa shape index (κ3) is 5.15. The summed E-state index contributed by atoms with van der Waals surface area (Å²) < 4.78 is 22.2. The zero-order chi connectivity index (χ0) is 25.9. The first kappa shape index (κ1) is 25.9. The number of para-hydroxylation sites is 1. The number of aromatic nitrogens is 2. The standard InChI is InChI=1S/C25H30N2O9/c1-3-15-8-10-16(11-9-15)12-27-14-26-17-6-5-7-18(20(17)27)36-25(32)22(29)21(28)19(35-23(25)30)13-34-24(31)33-4-2/h5-11,14,19,21-23,28-30,32H,3-4,12-13H2,1-2H3/t19-,21-,22+,23-,25+/m1/s1. The van der Waals surface area contributed by atoms with Gasteiger partial charge < -0.3 is 43.9 Å². The SMILES string of the molecule is CCOC(=O)OC[C@H]1O[C@@H](O)[C@@](O)(Oc2cccc3ncn(Cc4ccc(CC)cc4)c23)[C@@H](O)[C@@H]1O. The topological polar surface area (TPSA) is 153 Å². The molecule has 0 unspecified atom stereocenters. The largest absolute Gasteiger partial charge is 0.508 e. The highest BCUT2D eigenvalue weighted by atomic mass is 16.7. The minimum atomic E-state index is -2.73. The molecule has 1 fully saturated rings. The minimum absolute atomic E-state index is 0.0813. The summed E-state index contributed by atoms with van der Waals surface area (Å²) in [6.45, 7) is 3.68. The Morgan fingerprint density at radius 2 is 1.81 bits per heavy atom. The average molecular weight is 503 g/mol. The van der Waals surface area contributed by atoms with Crippen LogP contribution in [0.2, 0.25) is 0 Å². The van der Waals surface area contributed by atoms with Crippen LogP contribution in [0.1, 0.15) is 25.0 Å². The predicted octanol–water partition coefficient (Wildman–Crippen LogP) is 1.33. The number of hydrogen-bond donors (Lipinski definition) is 4. The Hall–Kier alpha value is -3.22. The highest BCUT2D eigenvalue weighted by Crippen LogP contribution is 2.35. The molecule has 0 aliphatic carbocycles. The van der Waals surface area contributed by atoms with Gasteiger partial charge in [0.25, 0.3) is 5.79 Å². The summed E-state index contributed by atoms with van der Waals surface area (Å²) >= 11 is 0. The average Bonchev–Trinajstić information content (AvgIpc) is 3.29. The van der Waals surface area contributed by atoms with Gasteiger partial charge in [-0.25, -0.2) is 9.78 Å². The van der Waals surface area contributed by atoms with Crippen LogP contribution in [0, 0.1) is 0 Å². The third-order valence-corrected chi connectivity index (χ3v) is 6.07. The van der Waals surface area contributed by atoms with Crippen molar-refractivity contribution in [2.45, 2.75) is 57.2 Å². The first-order valence-electron chi connectivity index (χ1n) is 11.7. The highest BCUT2D eigenvalue weighted by molar-refractivity contribution is 5.82. The van der Waals surface area contributed by atoms with Crippen molar-refractivity contribution in [2.24, 2.45) is 0 Å². The zero-order valence-electron chi connectivity index (χ0n) is 20.0. The summed E-state index contributed by atoms with van der Waals surface area (Å²) in [7, 11) is 0. The maximum absolute atomic E-state index is 11.4. The fraction of sp³-hybridized carbons (Fsp3) is 0.440. The molecule has 1 saturated heterocycles. The molecule has 0 saturated carbocycles. The van der Waals surface area contributed by atoms with Crippen LogP contribution in [-0.4, -0.2) is 79.7 Å². The summed E-state index contributed by atoms with van der Waals surface area (Å²) in [6, 6.07) is 13.1. The molecule has 1 aromatic heterocycles. The lowest BCUT2D eigenvalue weighted by Crippen LogP contribution is -2.69. The summed E-state index contributed by atoms with van der Waals surface area (Å²) in [4.78, 5) is 15.8. The first-order valence-corrected chi connectivity index (χ1v) is 11.7. The molecule has 4 rings (SSSR count). The molecule has 11 nitrogen and oxygen atoms in total. The van der Waals surface area contributed by atoms with Crippen molar-refractivity contribution in [3.05, 3.63) is 59.9 Å². The normalized spacial score (nSPS) is 26.1. The molecule has 36 heavy (non-hydrogen) atoms. The Morgan fingerprint density at radius 3 is 2.50 bits per heavy atom. The number of aryl methyl sites for hydroxylation is 1. The van der Waals surface area contributed by atoms with E-state index in [1.165, 1.54) is 5.56 Å². The van der Waals surface area contributed by atoms with Gasteiger partial charge in [-0.3, -0.25) is 0 Å². The molecule has 3 aromatic rings. The van der Waals surface area contributed by atoms with E-state index in [1.807, 2.05) is 28.8 Å². The van der Waals surface area contributed by atoms with E-state index in [2.05, 4.69) is 16.6 Å². The number of nitrogens with zero attached hydrogens (tertiary/aromatic N) is 2. The van der Waals surface area contributed by atoms with Crippen LogP contribution in [0.15, 0.2) is 48.8 Å². The van der Waals surface area contributed by atoms with Crippen LogP contribution in [0.4, 0.5) is 4.79 Å². The lowest BCUT2D eigenvalue weighted by atomic mass is 9.96. The van der Waals surface area contributed by atoms with Gasteiger partial charge in [0, 0.05) is 6.54 Å². The van der Waals surface area contributed by atoms with Gasteiger partial charge in [0.1, 0.15) is 30.1 Å². The minimum Gasteiger partial charge on any atom is -0.452 e. The number of fused-ring (bicyclic) bond motifs is 1. The number of imidazole rings is 1. The predicted molar refractivity (Wildman–Crippen MR) is 126 cm³/mol. The van der Waals surface area contributed by atoms with Crippen molar-refractivity contribution >= 4 is 17.2 Å². The Kier molecular flexibility index (Phi) is 7.76. The second-order valence-corrected chi connectivity index (χ2v) is 8.48. The Balaban J connectivity index is 1.56. The molecule has 4 N–H and O–H groups in total. The maximum atomic E-state index is 11.4. The fourth-order valence-corrected chi connectivity index (χ4v) is 4.04. The number of hydrogen-bond acceptors (Lipinski definition) is 10. The second-order valence-electron chi connectivity index (χ2n) is 8.48. The van der Waals surface area contributed by atoms with E-state index >= 15 is 0 Å². The van der Waals surface area contributed by atoms with Crippen molar-refractivity contribution in [3.8, 4) is 5.75 Å². The smallest absolute Gasteiger partial charge is 0.452 e. The van der Waals surface area contributed by atoms with E-state index in [-0.39, 0.29) is 12.4 Å². The van der Waals surface area contributed by atoms with E-state index in [9.17, 15) is 25.2 Å². The summed E-state index contributed by atoms with van der Waals surface area (Å²) in [5.41, 5.74) is 3.29. The highest BCUT2D eigenvalue weighted by Gasteiger charge is 2.57. The summed E-state index contributed by atoms with van der Waals surface area (Å²) in [5.74, 6) is -2.63. The number of rotatable bonds is 8. The number of carbonyl (C=O) groups excluding carboxylic acids is 1. The molecule has 2 heterocycles. The molecule has 1 aliphatic heterocycles. The van der Waals surface area contributed by atoms with Gasteiger partial charge in [-0.15, -0.1) is 0 Å². The first-order chi connectivity index (χ1) is 17.3. The molecule has 5 atom stereocenters. The van der Waals surface area contributed by atoms with Crippen LogP contribution >= 0.6 is 0 Å². The quantitative estimate of drug-likeness (QED) is 0.262. The Bertz CT molecular complexity index is 1180. The van der Waals surface area contributed by atoms with Crippen molar-refractivity contribution < 1.29 is 44.2 Å². The van der Waals surface area contributed by atoms with Crippen LogP contribution in [-0.2, 0) is 27.2 Å². The lowest BCUT2D eigenvalue weighted by molar-refractivity contribution is -0.385. The second kappa shape index (κ2) is 10.8. The molecular formula is C25H30N2O9. The van der Waals surface area contributed by atoms with Crippen LogP contribution in [0.5, 0.6) is 5.75 Å². The molecule has 0 bridgehead atoms. The zero-order valence-corrected chi connectivity index (χ0v) is 20.0. The maximum Gasteiger partial charge on any atom is 0.508 e. The van der Waals surface area contributed by atoms with Gasteiger partial charge in [-0.05, 0) is 36.6 Å². The van der Waals surface area contributed by atoms with E-state index in [4.69, 9.17) is 14.2 Å². The lowest BCUT2D eigenvalue weighted by Gasteiger charge is -2.45. The van der Waals surface area contributed by atoms with Crippen LogP contribution < -0.4 is 4.74 Å². The third-order valence-electron chi connectivity index (χ3n) is 6.07. The van der Waals surface area contributed by atoms with Gasteiger partial charge in [0.15, 0.2) is 6.10 Å². The number of carbonyl (C=O) groups is 1. The molecular weight excluding hydrogens is 472 g/mol. The van der Waals surface area contributed by atoms with Crippen molar-refractivity contribution in [1.82, 2.24) is 9.55 Å². The van der Waals surface area contributed by atoms with E-state index < -0.39 is 43.2 Å². The number of ether oxygens (including phenoxy) is 4. The molecule has 2 aromatic carbocycles. The molecule has 1 aliphatic rings. The van der Waals surface area contributed by atoms with Gasteiger partial charge in [-0.2, -0.15) is 0 Å². The Morgan fingerprint density at radius 1 is 1.08 bits per heavy atom. The van der Waals surface area contributed by atoms with Gasteiger partial charge >= 0.3 is 6.16 Å². The number of aliphatic hydroxyl groups excluding tert-OH is 3. The van der Waals surface area contributed by atoms with Crippen molar-refractivity contribution in [2.75, 3.05) is 13.2 Å². The van der Waals surface area contributed by atoms with Crippen LogP contribution in [0.3, 0.4) is 0 Å². The van der Waals surface area contributed by atoms with Crippen LogP contribution in [0.25, 0.3) is 11.0 Å². The van der Waals surface area contributed by atoms with Gasteiger partial charge in [-0.1, -0.05) is 37.3 Å².